The van der Waals surface area contributed by atoms with Gasteiger partial charge in [-0.15, -0.1) is 0 Å². The van der Waals surface area contributed by atoms with Crippen LogP contribution in [-0.2, 0) is 6.54 Å². The van der Waals surface area contributed by atoms with Gasteiger partial charge in [-0.1, -0.05) is 19.4 Å². The lowest BCUT2D eigenvalue weighted by atomic mass is 9.67. The Labute approximate surface area is 133 Å². The van der Waals surface area contributed by atoms with E-state index in [1.807, 2.05) is 18.2 Å². The van der Waals surface area contributed by atoms with Crippen molar-refractivity contribution in [1.29, 1.82) is 0 Å². The molecule has 0 atom stereocenters. The van der Waals surface area contributed by atoms with Gasteiger partial charge in [-0.05, 0) is 37.7 Å². The third-order valence-corrected chi connectivity index (χ3v) is 4.53. The summed E-state index contributed by atoms with van der Waals surface area (Å²) in [6.45, 7) is 6.77. The fourth-order valence-electron chi connectivity index (χ4n) is 2.76. The van der Waals surface area contributed by atoms with Crippen LogP contribution in [0.2, 0.25) is 0 Å². The molecule has 0 aliphatic heterocycles. The number of nitrogens with zero attached hydrogens (tertiary/aromatic N) is 2. The predicted octanol–water partition coefficient (Wildman–Crippen LogP) is 2.73. The SMILES string of the molecule is CCNC(=NCc1cccc(OC)n1)NCC1(CC)CCC1. The minimum atomic E-state index is 0.477. The Bertz CT molecular complexity index is 492. The molecule has 1 saturated carbocycles. The largest absolute Gasteiger partial charge is 0.481 e. The first-order chi connectivity index (χ1) is 10.7. The summed E-state index contributed by atoms with van der Waals surface area (Å²) in [6.07, 6.45) is 5.24. The van der Waals surface area contributed by atoms with Crippen LogP contribution in [0, 0.1) is 5.41 Å². The Morgan fingerprint density at radius 1 is 1.32 bits per heavy atom. The Morgan fingerprint density at radius 3 is 2.73 bits per heavy atom. The fourth-order valence-corrected chi connectivity index (χ4v) is 2.76. The van der Waals surface area contributed by atoms with E-state index >= 15 is 0 Å². The molecule has 0 spiro atoms. The maximum Gasteiger partial charge on any atom is 0.213 e. The van der Waals surface area contributed by atoms with Crippen molar-refractivity contribution in [2.45, 2.75) is 46.1 Å². The molecule has 1 aromatic heterocycles. The third kappa shape index (κ3) is 4.36. The van der Waals surface area contributed by atoms with Crippen LogP contribution in [0.5, 0.6) is 5.88 Å². The molecule has 122 valence electrons. The number of guanidine groups is 1. The summed E-state index contributed by atoms with van der Waals surface area (Å²) in [5.41, 5.74) is 1.38. The number of ether oxygens (including phenoxy) is 1. The molecule has 0 radical (unpaired) electrons. The fraction of sp³-hybridized carbons (Fsp3) is 0.647. The van der Waals surface area contributed by atoms with E-state index < -0.39 is 0 Å². The lowest BCUT2D eigenvalue weighted by Crippen LogP contribution is -2.46. The summed E-state index contributed by atoms with van der Waals surface area (Å²) in [6, 6.07) is 5.75. The lowest BCUT2D eigenvalue weighted by molar-refractivity contribution is 0.131. The van der Waals surface area contributed by atoms with Gasteiger partial charge in [0.2, 0.25) is 5.88 Å². The molecule has 5 heteroatoms. The highest BCUT2D eigenvalue weighted by Gasteiger charge is 2.34. The van der Waals surface area contributed by atoms with Crippen LogP contribution in [0.4, 0.5) is 0 Å². The molecule has 1 aromatic rings. The van der Waals surface area contributed by atoms with Crippen LogP contribution in [-0.4, -0.2) is 31.1 Å². The molecule has 1 fully saturated rings. The Hall–Kier alpha value is -1.78. The van der Waals surface area contributed by atoms with Crippen molar-refractivity contribution >= 4 is 5.96 Å². The molecule has 0 saturated heterocycles. The maximum atomic E-state index is 5.15. The highest BCUT2D eigenvalue weighted by Crippen LogP contribution is 2.42. The van der Waals surface area contributed by atoms with E-state index in [2.05, 4.69) is 34.5 Å². The summed E-state index contributed by atoms with van der Waals surface area (Å²) in [4.78, 5) is 9.02. The highest BCUT2D eigenvalue weighted by atomic mass is 16.5. The van der Waals surface area contributed by atoms with Crippen molar-refractivity contribution in [3.05, 3.63) is 23.9 Å². The molecule has 0 aromatic carbocycles. The molecule has 0 bridgehead atoms. The average Bonchev–Trinajstić information content (AvgIpc) is 2.52. The van der Waals surface area contributed by atoms with Gasteiger partial charge in [0.1, 0.15) is 0 Å². The van der Waals surface area contributed by atoms with Gasteiger partial charge in [-0.2, -0.15) is 0 Å². The summed E-state index contributed by atoms with van der Waals surface area (Å²) in [5.74, 6) is 1.50. The standard InChI is InChI=1S/C17H28N4O/c1-4-17(10-7-11-17)13-20-16(18-5-2)19-12-14-8-6-9-15(21-14)22-3/h6,8-9H,4-5,7,10-13H2,1-3H3,(H2,18,19,20). The second kappa shape index (κ2) is 8.01. The maximum absolute atomic E-state index is 5.15. The molecule has 2 rings (SSSR count). The minimum absolute atomic E-state index is 0.477. The number of aromatic nitrogens is 1. The van der Waals surface area contributed by atoms with Gasteiger partial charge in [0, 0.05) is 19.2 Å². The lowest BCUT2D eigenvalue weighted by Gasteiger charge is -2.41. The second-order valence-corrected chi connectivity index (χ2v) is 5.93. The van der Waals surface area contributed by atoms with E-state index in [4.69, 9.17) is 4.74 Å². The molecule has 22 heavy (non-hydrogen) atoms. The quantitative estimate of drug-likeness (QED) is 0.601. The Morgan fingerprint density at radius 2 is 2.14 bits per heavy atom. The van der Waals surface area contributed by atoms with Gasteiger partial charge < -0.3 is 15.4 Å². The molecular weight excluding hydrogens is 276 g/mol. The molecule has 0 amide bonds. The van der Waals surface area contributed by atoms with Gasteiger partial charge in [0.15, 0.2) is 5.96 Å². The number of nitrogens with one attached hydrogen (secondary N) is 2. The summed E-state index contributed by atoms with van der Waals surface area (Å²) < 4.78 is 5.15. The number of methoxy groups -OCH3 is 1. The van der Waals surface area contributed by atoms with Crippen LogP contribution < -0.4 is 15.4 Å². The molecule has 1 aliphatic carbocycles. The first-order valence-corrected chi connectivity index (χ1v) is 8.23. The van der Waals surface area contributed by atoms with Gasteiger partial charge in [-0.3, -0.25) is 0 Å². The molecule has 5 nitrogen and oxygen atoms in total. The number of hydrogen-bond donors (Lipinski definition) is 2. The van der Waals surface area contributed by atoms with Gasteiger partial charge in [0.25, 0.3) is 0 Å². The van der Waals surface area contributed by atoms with Crippen LogP contribution in [0.25, 0.3) is 0 Å². The van der Waals surface area contributed by atoms with Crippen molar-refractivity contribution in [3.63, 3.8) is 0 Å². The van der Waals surface area contributed by atoms with Gasteiger partial charge >= 0.3 is 0 Å². The van der Waals surface area contributed by atoms with Crippen molar-refractivity contribution in [2.75, 3.05) is 20.2 Å². The van der Waals surface area contributed by atoms with E-state index in [-0.39, 0.29) is 0 Å². The zero-order valence-corrected chi connectivity index (χ0v) is 14.0. The van der Waals surface area contributed by atoms with Crippen molar-refractivity contribution in [1.82, 2.24) is 15.6 Å². The van der Waals surface area contributed by atoms with Crippen molar-refractivity contribution < 1.29 is 4.74 Å². The Balaban J connectivity index is 1.94. The number of pyridine rings is 1. The van der Waals surface area contributed by atoms with E-state index in [0.29, 0.717) is 17.8 Å². The van der Waals surface area contributed by atoms with Gasteiger partial charge in [0.05, 0.1) is 19.3 Å². The first kappa shape index (κ1) is 16.6. The summed E-state index contributed by atoms with van der Waals surface area (Å²) in [5, 5.41) is 6.80. The molecule has 1 heterocycles. The molecule has 1 aliphatic rings. The first-order valence-electron chi connectivity index (χ1n) is 8.23. The Kier molecular flexibility index (Phi) is 6.04. The number of aliphatic imine (C=N–C) groups is 1. The van der Waals surface area contributed by atoms with Crippen molar-refractivity contribution in [3.8, 4) is 5.88 Å². The third-order valence-electron chi connectivity index (χ3n) is 4.53. The van der Waals surface area contributed by atoms with Crippen LogP contribution in [0.3, 0.4) is 0 Å². The average molecular weight is 304 g/mol. The molecule has 0 unspecified atom stereocenters. The van der Waals surface area contributed by atoms with Crippen LogP contribution in [0.15, 0.2) is 23.2 Å². The topological polar surface area (TPSA) is 58.5 Å². The highest BCUT2D eigenvalue weighted by molar-refractivity contribution is 5.79. The van der Waals surface area contributed by atoms with E-state index in [1.165, 1.54) is 25.7 Å². The summed E-state index contributed by atoms with van der Waals surface area (Å²) in [7, 11) is 1.63. The number of rotatable bonds is 7. The summed E-state index contributed by atoms with van der Waals surface area (Å²) >= 11 is 0. The molecular formula is C17H28N4O. The smallest absolute Gasteiger partial charge is 0.213 e. The van der Waals surface area contributed by atoms with Gasteiger partial charge in [-0.25, -0.2) is 9.98 Å². The van der Waals surface area contributed by atoms with Crippen LogP contribution >= 0.6 is 0 Å². The molecule has 2 N–H and O–H groups in total. The van der Waals surface area contributed by atoms with E-state index in [0.717, 1.165) is 24.7 Å². The monoisotopic (exact) mass is 304 g/mol. The normalized spacial score (nSPS) is 16.8. The predicted molar refractivity (Wildman–Crippen MR) is 90.2 cm³/mol. The van der Waals surface area contributed by atoms with Crippen LogP contribution in [0.1, 0.15) is 45.2 Å². The van der Waals surface area contributed by atoms with E-state index in [9.17, 15) is 0 Å². The number of hydrogen-bond acceptors (Lipinski definition) is 3. The minimum Gasteiger partial charge on any atom is -0.481 e. The van der Waals surface area contributed by atoms with Crippen molar-refractivity contribution in [2.24, 2.45) is 10.4 Å². The zero-order valence-electron chi connectivity index (χ0n) is 14.0. The van der Waals surface area contributed by atoms with E-state index in [1.54, 1.807) is 7.11 Å². The zero-order chi connectivity index (χ0) is 15.8. The second-order valence-electron chi connectivity index (χ2n) is 5.93.